The number of hydrogen-bond acceptors (Lipinski definition) is 15. The van der Waals surface area contributed by atoms with Crippen LogP contribution in [-0.2, 0) is 42.8 Å². The van der Waals surface area contributed by atoms with E-state index in [-0.39, 0.29) is 42.7 Å². The molecule has 3 aliphatic carbocycles. The molecule has 2 bridgehead atoms. The summed E-state index contributed by atoms with van der Waals surface area (Å²) in [7, 11) is 1.07. The number of ketones is 1. The van der Waals surface area contributed by atoms with E-state index in [1.807, 2.05) is 0 Å². The molecule has 3 aromatic carbocycles. The average molecular weight is 886 g/mol. The molecule has 0 radical (unpaired) electrons. The molecule has 1 aliphatic heterocycles. The summed E-state index contributed by atoms with van der Waals surface area (Å²) in [4.78, 5) is 83.7. The summed E-state index contributed by atoms with van der Waals surface area (Å²) in [6, 6.07) is 22.8. The number of methoxy groups -OCH3 is 1. The number of hydrogen-bond donors (Lipinski definition) is 4. The molecule has 11 atom stereocenters. The molecular formula is C48H55NO15. The van der Waals surface area contributed by atoms with Crippen LogP contribution in [0.1, 0.15) is 87.2 Å². The first-order valence-electron chi connectivity index (χ1n) is 20.6. The van der Waals surface area contributed by atoms with Gasteiger partial charge in [0.2, 0.25) is 0 Å². The van der Waals surface area contributed by atoms with Crippen LogP contribution >= 0.6 is 0 Å². The number of esters is 3. The fourth-order valence-electron chi connectivity index (χ4n) is 10.1. The number of ether oxygens (including phenoxy) is 6. The Labute approximate surface area is 370 Å². The minimum Gasteiger partial charge on any atom is -0.456 e. The number of carbonyl (C=O) groups is 6. The van der Waals surface area contributed by atoms with Crippen molar-refractivity contribution in [3.05, 3.63) is 119 Å². The molecule has 64 heavy (non-hydrogen) atoms. The largest absolute Gasteiger partial charge is 0.508 e. The lowest BCUT2D eigenvalue weighted by Crippen LogP contribution is -2.82. The Kier molecular flexibility index (Phi) is 13.3. The summed E-state index contributed by atoms with van der Waals surface area (Å²) in [5.41, 5.74) is -7.35. The molecule has 342 valence electrons. The maximum absolute atomic E-state index is 15.5. The number of nitrogens with one attached hydrogen (secondary N) is 1. The zero-order valence-electron chi connectivity index (χ0n) is 35.6. The van der Waals surface area contributed by atoms with E-state index in [1.165, 1.54) is 26.0 Å². The second-order valence-corrected chi connectivity index (χ2v) is 17.3. The second kappa shape index (κ2) is 17.9. The highest BCUT2D eigenvalue weighted by molar-refractivity contribution is 5.96. The van der Waals surface area contributed by atoms with Crippen molar-refractivity contribution in [2.24, 2.45) is 16.7 Å². The number of carbonyl (C=O) groups excluding carboxylic acids is 6. The molecule has 3 aromatic rings. The predicted octanol–water partition coefficient (Wildman–Crippen LogP) is 4.59. The van der Waals surface area contributed by atoms with Crippen LogP contribution in [0.3, 0.4) is 0 Å². The summed E-state index contributed by atoms with van der Waals surface area (Å²) < 4.78 is 35.1. The number of Topliss-reactive ketones (excluding diaryl/α,β-unsaturated/α-hetero) is 1. The summed E-state index contributed by atoms with van der Waals surface area (Å²) >= 11 is 0. The Morgan fingerprint density at radius 3 is 1.98 bits per heavy atom. The predicted molar refractivity (Wildman–Crippen MR) is 226 cm³/mol. The molecule has 3 fully saturated rings. The Bertz CT molecular complexity index is 2300. The van der Waals surface area contributed by atoms with Gasteiger partial charge in [-0.25, -0.2) is 14.4 Å². The van der Waals surface area contributed by atoms with Gasteiger partial charge in [0, 0.05) is 30.7 Å². The Morgan fingerprint density at radius 2 is 1.44 bits per heavy atom. The standard InChI is InChI=1S/C47H51NO15.CH4/c1-25-30(61-42(55)35(51)34(27-16-10-7-11-17-27)48-40(53)28-18-12-8-13-19-28)23-47(57)39(62-41(54)29-20-14-9-15-21-29)37-45(5,38(52)36(60-26(2)49)33(25)44(47,3)4)31(50)22-32-46(37,24-59-32)63-43(56)58-6;/h7-21,30-32,34-37,39,50-51,57H,22-24H2,1-6H3,(H,48,53);1H4/t30-,31-,32+,34-,35+,36+,37-,39-,45+,46-,47+;/m0./s1. The van der Waals surface area contributed by atoms with Crippen LogP contribution in [0.4, 0.5) is 4.79 Å². The molecule has 1 saturated heterocycles. The van der Waals surface area contributed by atoms with Gasteiger partial charge in [0.25, 0.3) is 5.91 Å². The quantitative estimate of drug-likeness (QED) is 0.124. The lowest BCUT2D eigenvalue weighted by atomic mass is 9.44. The van der Waals surface area contributed by atoms with Crippen molar-refractivity contribution in [1.82, 2.24) is 5.32 Å². The van der Waals surface area contributed by atoms with Crippen molar-refractivity contribution in [2.75, 3.05) is 13.7 Å². The van der Waals surface area contributed by atoms with Gasteiger partial charge in [-0.1, -0.05) is 88.0 Å². The van der Waals surface area contributed by atoms with Gasteiger partial charge in [-0.05, 0) is 54.8 Å². The molecule has 16 nitrogen and oxygen atoms in total. The van der Waals surface area contributed by atoms with Gasteiger partial charge in [-0.15, -0.1) is 0 Å². The van der Waals surface area contributed by atoms with Crippen molar-refractivity contribution in [2.45, 2.75) is 109 Å². The minimum absolute atomic E-state index is 0. The van der Waals surface area contributed by atoms with E-state index >= 15 is 4.79 Å². The van der Waals surface area contributed by atoms with E-state index in [0.717, 1.165) is 14.0 Å². The number of rotatable bonds is 10. The van der Waals surface area contributed by atoms with Crippen LogP contribution in [0.15, 0.2) is 102 Å². The molecule has 7 rings (SSSR count). The molecule has 4 aliphatic rings. The molecule has 4 N–H and O–H groups in total. The third-order valence-electron chi connectivity index (χ3n) is 13.6. The van der Waals surface area contributed by atoms with E-state index < -0.39 is 113 Å². The Morgan fingerprint density at radius 1 is 0.859 bits per heavy atom. The molecule has 0 unspecified atom stereocenters. The van der Waals surface area contributed by atoms with Gasteiger partial charge in [0.15, 0.2) is 23.6 Å². The van der Waals surface area contributed by atoms with Crippen molar-refractivity contribution in [1.29, 1.82) is 0 Å². The van der Waals surface area contributed by atoms with Gasteiger partial charge < -0.3 is 49.1 Å². The normalized spacial score (nSPS) is 31.0. The average Bonchev–Trinajstić information content (AvgIpc) is 3.26. The van der Waals surface area contributed by atoms with Crippen LogP contribution in [0, 0.1) is 16.7 Å². The number of benzene rings is 3. The highest BCUT2D eigenvalue weighted by atomic mass is 16.8. The second-order valence-electron chi connectivity index (χ2n) is 17.3. The lowest BCUT2D eigenvalue weighted by Gasteiger charge is -2.67. The fourth-order valence-corrected chi connectivity index (χ4v) is 10.1. The van der Waals surface area contributed by atoms with E-state index in [9.17, 15) is 39.3 Å². The van der Waals surface area contributed by atoms with Crippen LogP contribution in [0.2, 0.25) is 0 Å². The molecule has 1 heterocycles. The number of fused-ring (bicyclic) bond motifs is 5. The third kappa shape index (κ3) is 7.86. The first kappa shape index (κ1) is 47.5. The molecule has 0 spiro atoms. The van der Waals surface area contributed by atoms with Gasteiger partial charge in [-0.2, -0.15) is 0 Å². The van der Waals surface area contributed by atoms with Crippen molar-refractivity contribution < 1.29 is 72.5 Å². The van der Waals surface area contributed by atoms with Crippen LogP contribution in [0.5, 0.6) is 0 Å². The van der Waals surface area contributed by atoms with Crippen molar-refractivity contribution >= 4 is 35.8 Å². The molecule has 16 heteroatoms. The van der Waals surface area contributed by atoms with Gasteiger partial charge >= 0.3 is 24.1 Å². The third-order valence-corrected chi connectivity index (χ3v) is 13.6. The summed E-state index contributed by atoms with van der Waals surface area (Å²) in [6.45, 7) is 6.66. The van der Waals surface area contributed by atoms with Crippen molar-refractivity contribution in [3.8, 4) is 0 Å². The first-order valence-corrected chi connectivity index (χ1v) is 20.6. The minimum atomic E-state index is -2.43. The van der Waals surface area contributed by atoms with Gasteiger partial charge in [0.05, 0.1) is 42.8 Å². The number of aliphatic hydroxyl groups excluding tert-OH is 2. The zero-order chi connectivity index (χ0) is 45.6. The molecule has 0 aromatic heterocycles. The Balaban J connectivity index is 0.00000680. The van der Waals surface area contributed by atoms with Gasteiger partial charge in [-0.3, -0.25) is 14.4 Å². The number of aliphatic hydroxyl groups is 3. The number of amides is 1. The van der Waals surface area contributed by atoms with Crippen molar-refractivity contribution in [3.63, 3.8) is 0 Å². The fraction of sp³-hybridized carbons (Fsp3) is 0.458. The SMILES string of the molecule is C.COC(=O)O[C@@]12CO[C@@H]1C[C@H](O)[C@@]1(C)C(=O)[C@H](OC(C)=O)C3=C(C)[C@@H](OC(=O)[C@H](O)[C@@H](NC(=O)c4ccccc4)c4ccccc4)C[C@@](O)([C@@H](OC(=O)c4ccccc4)[C@H]21)C3(C)C. The first-order chi connectivity index (χ1) is 29.8. The molecule has 2 saturated carbocycles. The maximum Gasteiger partial charge on any atom is 0.508 e. The van der Waals surface area contributed by atoms with Crippen LogP contribution in [-0.4, -0.2) is 113 Å². The molecule has 1 amide bonds. The van der Waals surface area contributed by atoms with Crippen LogP contribution < -0.4 is 5.32 Å². The van der Waals surface area contributed by atoms with Gasteiger partial charge in [0.1, 0.15) is 23.9 Å². The highest BCUT2D eigenvalue weighted by Gasteiger charge is 2.78. The van der Waals surface area contributed by atoms with Crippen LogP contribution in [0.25, 0.3) is 0 Å². The monoisotopic (exact) mass is 885 g/mol. The van der Waals surface area contributed by atoms with E-state index in [0.29, 0.717) is 5.56 Å². The summed E-state index contributed by atoms with van der Waals surface area (Å²) in [5.74, 6) is -6.24. The smallest absolute Gasteiger partial charge is 0.456 e. The van der Waals surface area contributed by atoms with E-state index in [2.05, 4.69) is 5.32 Å². The molecular weight excluding hydrogens is 831 g/mol. The zero-order valence-corrected chi connectivity index (χ0v) is 35.6. The maximum atomic E-state index is 15.5. The topological polar surface area (TPSA) is 231 Å². The summed E-state index contributed by atoms with van der Waals surface area (Å²) in [5, 5.41) is 40.3. The van der Waals surface area contributed by atoms with E-state index in [4.69, 9.17) is 28.4 Å². The summed E-state index contributed by atoms with van der Waals surface area (Å²) in [6.07, 6.45) is -12.0. The Hall–Kier alpha value is -5.94. The lowest BCUT2D eigenvalue weighted by molar-refractivity contribution is -0.344. The van der Waals surface area contributed by atoms with E-state index in [1.54, 1.807) is 92.7 Å². The highest BCUT2D eigenvalue weighted by Crippen LogP contribution is 2.64.